The second-order valence-corrected chi connectivity index (χ2v) is 5.75. The molecular formula is C20H23FN2O2. The zero-order valence-corrected chi connectivity index (χ0v) is 14.4. The third-order valence-corrected chi connectivity index (χ3v) is 3.55. The highest BCUT2D eigenvalue weighted by Crippen LogP contribution is 2.25. The molecule has 0 amide bonds. The lowest BCUT2D eigenvalue weighted by Gasteiger charge is -2.07. The lowest BCUT2D eigenvalue weighted by Crippen LogP contribution is -1.97. The Kier molecular flexibility index (Phi) is 7.29. The smallest absolute Gasteiger partial charge is 0.151 e. The maximum atomic E-state index is 14.2. The van der Waals surface area contributed by atoms with Gasteiger partial charge >= 0.3 is 0 Å². The number of aliphatic hydroxyl groups is 1. The molecule has 0 saturated carbocycles. The molecule has 132 valence electrons. The van der Waals surface area contributed by atoms with Gasteiger partial charge in [-0.05, 0) is 44.4 Å². The van der Waals surface area contributed by atoms with Crippen LogP contribution < -0.4 is 4.74 Å². The van der Waals surface area contributed by atoms with E-state index in [2.05, 4.69) is 16.5 Å². The molecule has 0 aliphatic carbocycles. The number of halogens is 1. The Morgan fingerprint density at radius 2 is 2.08 bits per heavy atom. The van der Waals surface area contributed by atoms with E-state index in [1.54, 1.807) is 37.5 Å². The lowest BCUT2D eigenvalue weighted by molar-refractivity contribution is 0.182. The molecule has 1 atom stereocenters. The fourth-order valence-electron chi connectivity index (χ4n) is 2.26. The Labute approximate surface area is 147 Å². The molecule has 0 bridgehead atoms. The Morgan fingerprint density at radius 1 is 1.32 bits per heavy atom. The van der Waals surface area contributed by atoms with Gasteiger partial charge < -0.3 is 9.84 Å². The summed E-state index contributed by atoms with van der Waals surface area (Å²) in [7, 11) is 0. The molecule has 2 rings (SSSR count). The van der Waals surface area contributed by atoms with Crippen LogP contribution in [0, 0.1) is 5.82 Å². The maximum absolute atomic E-state index is 14.2. The van der Waals surface area contributed by atoms with E-state index in [-0.39, 0.29) is 11.9 Å². The number of hydrogen-bond donors (Lipinski definition) is 1. The van der Waals surface area contributed by atoms with Crippen molar-refractivity contribution in [3.05, 3.63) is 61.0 Å². The van der Waals surface area contributed by atoms with Gasteiger partial charge in [0, 0.05) is 29.6 Å². The number of benzene rings is 1. The summed E-state index contributed by atoms with van der Waals surface area (Å²) >= 11 is 0. The minimum atomic E-state index is -0.383. The van der Waals surface area contributed by atoms with Gasteiger partial charge in [-0.2, -0.15) is 0 Å². The van der Waals surface area contributed by atoms with Crippen molar-refractivity contribution in [2.75, 3.05) is 6.61 Å². The average Bonchev–Trinajstić information content (AvgIpc) is 2.60. The van der Waals surface area contributed by atoms with E-state index in [1.807, 2.05) is 12.2 Å². The Hall–Kier alpha value is -2.53. The summed E-state index contributed by atoms with van der Waals surface area (Å²) in [5.74, 6) is 0.650. The highest BCUT2D eigenvalue weighted by molar-refractivity contribution is 5.63. The molecule has 1 unspecified atom stereocenters. The van der Waals surface area contributed by atoms with Gasteiger partial charge in [-0.3, -0.25) is 0 Å². The summed E-state index contributed by atoms with van der Waals surface area (Å²) in [5.41, 5.74) is 1.04. The molecule has 0 aliphatic rings. The van der Waals surface area contributed by atoms with Crippen molar-refractivity contribution in [2.45, 2.75) is 32.3 Å². The van der Waals surface area contributed by atoms with Gasteiger partial charge in [-0.15, -0.1) is 0 Å². The van der Waals surface area contributed by atoms with E-state index < -0.39 is 0 Å². The summed E-state index contributed by atoms with van der Waals surface area (Å²) in [4.78, 5) is 8.48. The highest BCUT2D eigenvalue weighted by Gasteiger charge is 2.07. The van der Waals surface area contributed by atoms with Gasteiger partial charge in [0.25, 0.3) is 0 Å². The zero-order chi connectivity index (χ0) is 18.1. The van der Waals surface area contributed by atoms with Crippen molar-refractivity contribution in [3.8, 4) is 16.9 Å². The molecule has 1 N–H and O–H groups in total. The fraction of sp³-hybridized carbons (Fsp3) is 0.300. The van der Waals surface area contributed by atoms with Gasteiger partial charge in [-0.25, -0.2) is 14.4 Å². The first-order chi connectivity index (χ1) is 12.1. The molecule has 5 heteroatoms. The number of allylic oxidation sites excluding steroid dienone is 1. The van der Waals surface area contributed by atoms with Crippen molar-refractivity contribution in [3.63, 3.8) is 0 Å². The molecule has 1 aromatic carbocycles. The summed E-state index contributed by atoms with van der Waals surface area (Å²) in [6.45, 7) is 5.67. The van der Waals surface area contributed by atoms with E-state index in [4.69, 9.17) is 4.74 Å². The van der Waals surface area contributed by atoms with Crippen LogP contribution >= 0.6 is 0 Å². The first-order valence-corrected chi connectivity index (χ1v) is 8.30. The summed E-state index contributed by atoms with van der Waals surface area (Å²) in [5, 5.41) is 9.20. The summed E-state index contributed by atoms with van der Waals surface area (Å²) in [6.07, 6.45) is 10.9. The molecule has 1 aromatic heterocycles. The number of unbranched alkanes of at least 4 members (excludes halogenated alkanes) is 1. The number of nitrogens with zero attached hydrogens (tertiary/aromatic N) is 2. The number of ether oxygens (including phenoxy) is 1. The van der Waals surface area contributed by atoms with Gasteiger partial charge in [0.15, 0.2) is 5.82 Å². The highest BCUT2D eigenvalue weighted by atomic mass is 19.1. The second kappa shape index (κ2) is 9.69. The third-order valence-electron chi connectivity index (χ3n) is 3.55. The lowest BCUT2D eigenvalue weighted by atomic mass is 10.1. The normalized spacial score (nSPS) is 12.3. The van der Waals surface area contributed by atoms with Crippen LogP contribution in [0.4, 0.5) is 4.39 Å². The van der Waals surface area contributed by atoms with Crippen molar-refractivity contribution in [1.29, 1.82) is 0 Å². The summed E-state index contributed by atoms with van der Waals surface area (Å²) in [6, 6.07) is 4.70. The van der Waals surface area contributed by atoms with Crippen molar-refractivity contribution < 1.29 is 14.2 Å². The van der Waals surface area contributed by atoms with Crippen molar-refractivity contribution in [2.24, 2.45) is 0 Å². The molecule has 0 aliphatic heterocycles. The largest absolute Gasteiger partial charge is 0.489 e. The van der Waals surface area contributed by atoms with E-state index in [0.717, 1.165) is 19.3 Å². The first kappa shape index (κ1) is 18.8. The molecule has 0 saturated heterocycles. The van der Waals surface area contributed by atoms with E-state index in [1.165, 1.54) is 6.07 Å². The van der Waals surface area contributed by atoms with E-state index >= 15 is 0 Å². The van der Waals surface area contributed by atoms with Crippen LogP contribution in [0.5, 0.6) is 5.75 Å². The molecule has 0 fully saturated rings. The van der Waals surface area contributed by atoms with E-state index in [9.17, 15) is 9.50 Å². The van der Waals surface area contributed by atoms with Crippen molar-refractivity contribution in [1.82, 2.24) is 9.97 Å². The minimum absolute atomic E-state index is 0.271. The number of aromatic nitrogens is 2. The van der Waals surface area contributed by atoms with Crippen molar-refractivity contribution >= 4 is 6.08 Å². The zero-order valence-electron chi connectivity index (χ0n) is 14.4. The van der Waals surface area contributed by atoms with Gasteiger partial charge in [0.2, 0.25) is 0 Å². The summed E-state index contributed by atoms with van der Waals surface area (Å²) < 4.78 is 19.5. The molecular weight excluding hydrogens is 319 g/mol. The topological polar surface area (TPSA) is 55.2 Å². The quantitative estimate of drug-likeness (QED) is 0.542. The van der Waals surface area contributed by atoms with Crippen LogP contribution in [-0.2, 0) is 0 Å². The Bertz CT molecular complexity index is 712. The van der Waals surface area contributed by atoms with Crippen LogP contribution in [0.2, 0.25) is 0 Å². The number of aliphatic hydroxyl groups excluding tert-OH is 1. The number of rotatable bonds is 9. The molecule has 2 aromatic rings. The Morgan fingerprint density at radius 3 is 2.72 bits per heavy atom. The predicted molar refractivity (Wildman–Crippen MR) is 97.7 cm³/mol. The molecule has 25 heavy (non-hydrogen) atoms. The molecule has 0 radical (unpaired) electrons. The first-order valence-electron chi connectivity index (χ1n) is 8.30. The SMILES string of the molecule is C=CCOc1ccc(-c2cnc(/C=C/CCCC(C)O)nc2)c(F)c1. The standard InChI is InChI=1S/C20H23FN2O2/c1-3-11-25-17-9-10-18(19(21)12-17)16-13-22-20(23-14-16)8-6-4-5-7-15(2)24/h3,6,8-10,12-15,24H,1,4-5,7,11H2,2H3/b8-6+. The van der Waals surface area contributed by atoms with Crippen LogP contribution in [-0.4, -0.2) is 27.8 Å². The van der Waals surface area contributed by atoms with Crippen LogP contribution in [0.1, 0.15) is 32.0 Å². The fourth-order valence-corrected chi connectivity index (χ4v) is 2.26. The van der Waals surface area contributed by atoms with Gasteiger partial charge in [-0.1, -0.05) is 18.7 Å². The van der Waals surface area contributed by atoms with Gasteiger partial charge in [0.1, 0.15) is 18.2 Å². The third kappa shape index (κ3) is 6.12. The van der Waals surface area contributed by atoms with Crippen LogP contribution in [0.3, 0.4) is 0 Å². The van der Waals surface area contributed by atoms with Gasteiger partial charge in [0.05, 0.1) is 6.10 Å². The minimum Gasteiger partial charge on any atom is -0.489 e. The van der Waals surface area contributed by atoms with Crippen LogP contribution in [0.15, 0.2) is 49.3 Å². The molecule has 4 nitrogen and oxygen atoms in total. The van der Waals surface area contributed by atoms with E-state index in [0.29, 0.717) is 29.3 Å². The molecule has 0 spiro atoms. The Balaban J connectivity index is 1.99. The van der Waals surface area contributed by atoms with Crippen LogP contribution in [0.25, 0.3) is 17.2 Å². The predicted octanol–water partition coefficient (Wildman–Crippen LogP) is 4.41. The molecule has 1 heterocycles. The monoisotopic (exact) mass is 342 g/mol. The number of hydrogen-bond acceptors (Lipinski definition) is 4. The second-order valence-electron chi connectivity index (χ2n) is 5.75. The average molecular weight is 342 g/mol. The maximum Gasteiger partial charge on any atom is 0.151 e.